The molecule has 2 aromatic carbocycles. The van der Waals surface area contributed by atoms with E-state index in [0.29, 0.717) is 11.5 Å². The second-order valence-corrected chi connectivity index (χ2v) is 3.82. The second kappa shape index (κ2) is 6.59. The SMILES string of the molecule is CNc1ccccc1O[B]Oc1ccccc1NC. The molecule has 0 aliphatic carbocycles. The van der Waals surface area contributed by atoms with Gasteiger partial charge in [0.1, 0.15) is 11.5 Å². The van der Waals surface area contributed by atoms with E-state index < -0.39 is 0 Å². The Hall–Kier alpha value is -2.30. The molecule has 2 N–H and O–H groups in total. The zero-order chi connectivity index (χ0) is 13.5. The summed E-state index contributed by atoms with van der Waals surface area (Å²) < 4.78 is 11.0. The van der Waals surface area contributed by atoms with Gasteiger partial charge in [-0.25, -0.2) is 0 Å². The van der Waals surface area contributed by atoms with E-state index in [1.54, 1.807) is 0 Å². The fourth-order valence-electron chi connectivity index (χ4n) is 1.68. The largest absolute Gasteiger partial charge is 0.658 e. The first kappa shape index (κ1) is 13.1. The Kier molecular flexibility index (Phi) is 4.56. The summed E-state index contributed by atoms with van der Waals surface area (Å²) in [5.41, 5.74) is 1.81. The van der Waals surface area contributed by atoms with Crippen LogP contribution in [0.25, 0.3) is 0 Å². The molecule has 0 spiro atoms. The third kappa shape index (κ3) is 3.34. The van der Waals surface area contributed by atoms with E-state index >= 15 is 0 Å². The Morgan fingerprint density at radius 1 is 0.737 bits per heavy atom. The number of anilines is 2. The van der Waals surface area contributed by atoms with Gasteiger partial charge >= 0.3 is 7.69 Å². The van der Waals surface area contributed by atoms with Gasteiger partial charge in [-0.2, -0.15) is 0 Å². The highest BCUT2D eigenvalue weighted by molar-refractivity contribution is 6.21. The normalized spacial score (nSPS) is 9.58. The van der Waals surface area contributed by atoms with Crippen LogP contribution in [0.5, 0.6) is 11.5 Å². The number of rotatable bonds is 6. The fourth-order valence-corrected chi connectivity index (χ4v) is 1.68. The van der Waals surface area contributed by atoms with Gasteiger partial charge in [-0.15, -0.1) is 0 Å². The molecular formula is C14H16BN2O2. The summed E-state index contributed by atoms with van der Waals surface area (Å²) in [6.45, 7) is 0. The van der Waals surface area contributed by atoms with Crippen molar-refractivity contribution in [2.45, 2.75) is 0 Å². The number of nitrogens with one attached hydrogen (secondary N) is 2. The summed E-state index contributed by atoms with van der Waals surface area (Å²) in [4.78, 5) is 0. The van der Waals surface area contributed by atoms with Crippen molar-refractivity contribution in [3.63, 3.8) is 0 Å². The maximum Gasteiger partial charge on any atom is 0.658 e. The van der Waals surface area contributed by atoms with Gasteiger partial charge in [-0.3, -0.25) is 0 Å². The topological polar surface area (TPSA) is 42.5 Å². The molecule has 0 heterocycles. The molecule has 2 rings (SSSR count). The van der Waals surface area contributed by atoms with Crippen LogP contribution < -0.4 is 19.9 Å². The highest BCUT2D eigenvalue weighted by atomic mass is 16.6. The molecule has 4 nitrogen and oxygen atoms in total. The molecule has 0 unspecified atom stereocenters. The molecule has 0 fully saturated rings. The minimum atomic E-state index is 0.715. The molecule has 0 saturated carbocycles. The van der Waals surface area contributed by atoms with E-state index in [4.69, 9.17) is 9.31 Å². The first-order valence-corrected chi connectivity index (χ1v) is 6.03. The fraction of sp³-hybridized carbons (Fsp3) is 0.143. The van der Waals surface area contributed by atoms with E-state index in [-0.39, 0.29) is 0 Å². The molecule has 0 aliphatic rings. The average molecular weight is 255 g/mol. The summed E-state index contributed by atoms with van der Waals surface area (Å²) in [5.74, 6) is 1.43. The summed E-state index contributed by atoms with van der Waals surface area (Å²) in [5, 5.41) is 6.11. The van der Waals surface area contributed by atoms with Crippen molar-refractivity contribution in [1.29, 1.82) is 0 Å². The Balaban J connectivity index is 1.96. The lowest BCUT2D eigenvalue weighted by molar-refractivity contribution is 0.461. The first-order valence-electron chi connectivity index (χ1n) is 6.03. The van der Waals surface area contributed by atoms with Crippen molar-refractivity contribution in [3.05, 3.63) is 48.5 Å². The van der Waals surface area contributed by atoms with E-state index in [0.717, 1.165) is 11.4 Å². The average Bonchev–Trinajstić information content (AvgIpc) is 2.48. The minimum absolute atomic E-state index is 0.715. The third-order valence-electron chi connectivity index (χ3n) is 2.66. The van der Waals surface area contributed by atoms with Crippen molar-refractivity contribution in [2.24, 2.45) is 0 Å². The minimum Gasteiger partial charge on any atom is -0.525 e. The second-order valence-electron chi connectivity index (χ2n) is 3.82. The molecule has 97 valence electrons. The van der Waals surface area contributed by atoms with Crippen molar-refractivity contribution in [3.8, 4) is 11.5 Å². The van der Waals surface area contributed by atoms with Crippen LogP contribution in [0.1, 0.15) is 0 Å². The van der Waals surface area contributed by atoms with E-state index in [1.807, 2.05) is 62.6 Å². The molecule has 5 heteroatoms. The number of para-hydroxylation sites is 4. The molecule has 0 aromatic heterocycles. The molecule has 0 saturated heterocycles. The van der Waals surface area contributed by atoms with Gasteiger partial charge in [0.05, 0.1) is 11.4 Å². The summed E-state index contributed by atoms with van der Waals surface area (Å²) in [7, 11) is 5.02. The Morgan fingerprint density at radius 2 is 1.16 bits per heavy atom. The molecule has 0 atom stereocenters. The molecule has 0 amide bonds. The third-order valence-corrected chi connectivity index (χ3v) is 2.66. The Bertz CT molecular complexity index is 487. The number of hydrogen-bond donors (Lipinski definition) is 2. The molecule has 19 heavy (non-hydrogen) atoms. The van der Waals surface area contributed by atoms with E-state index in [1.165, 1.54) is 7.69 Å². The highest BCUT2D eigenvalue weighted by Gasteiger charge is 2.07. The molecule has 1 radical (unpaired) electrons. The van der Waals surface area contributed by atoms with Crippen molar-refractivity contribution in [1.82, 2.24) is 0 Å². The highest BCUT2D eigenvalue weighted by Crippen LogP contribution is 2.25. The quantitative estimate of drug-likeness (QED) is 0.779. The zero-order valence-corrected chi connectivity index (χ0v) is 11.0. The molecule has 0 bridgehead atoms. The number of hydrogen-bond acceptors (Lipinski definition) is 4. The van der Waals surface area contributed by atoms with Gasteiger partial charge in [0, 0.05) is 14.1 Å². The van der Waals surface area contributed by atoms with Crippen LogP contribution in [0, 0.1) is 0 Å². The van der Waals surface area contributed by atoms with Gasteiger partial charge in [-0.1, -0.05) is 24.3 Å². The first-order chi connectivity index (χ1) is 9.35. The van der Waals surface area contributed by atoms with Gasteiger partial charge in [0.25, 0.3) is 0 Å². The molecular weight excluding hydrogens is 239 g/mol. The lowest BCUT2D eigenvalue weighted by Gasteiger charge is -2.12. The van der Waals surface area contributed by atoms with Crippen molar-refractivity contribution in [2.75, 3.05) is 24.7 Å². The predicted molar refractivity (Wildman–Crippen MR) is 79.0 cm³/mol. The smallest absolute Gasteiger partial charge is 0.525 e. The zero-order valence-electron chi connectivity index (χ0n) is 11.0. The van der Waals surface area contributed by atoms with Crippen LogP contribution in [0.3, 0.4) is 0 Å². The maximum atomic E-state index is 5.49. The number of benzene rings is 2. The van der Waals surface area contributed by atoms with Gasteiger partial charge in [-0.05, 0) is 24.3 Å². The summed E-state index contributed by atoms with van der Waals surface area (Å²) in [6, 6.07) is 15.3. The lowest BCUT2D eigenvalue weighted by atomic mass is 10.2. The molecule has 2 aromatic rings. The maximum absolute atomic E-state index is 5.49. The van der Waals surface area contributed by atoms with Gasteiger partial charge < -0.3 is 19.9 Å². The van der Waals surface area contributed by atoms with Gasteiger partial charge in [0.2, 0.25) is 0 Å². The monoisotopic (exact) mass is 255 g/mol. The van der Waals surface area contributed by atoms with E-state index in [9.17, 15) is 0 Å². The standard InChI is InChI=1S/C14H16BN2O2/c1-16-11-7-3-5-9-13(11)18-15-19-14-10-6-4-8-12(14)17-2/h3-10,16-17H,1-2H3. The molecule has 0 aliphatic heterocycles. The van der Waals surface area contributed by atoms with Crippen LogP contribution in [-0.4, -0.2) is 21.8 Å². The predicted octanol–water partition coefficient (Wildman–Crippen LogP) is 2.76. The summed E-state index contributed by atoms with van der Waals surface area (Å²) >= 11 is 0. The van der Waals surface area contributed by atoms with Gasteiger partial charge in [0.15, 0.2) is 0 Å². The van der Waals surface area contributed by atoms with Crippen LogP contribution in [0.4, 0.5) is 11.4 Å². The van der Waals surface area contributed by atoms with Crippen LogP contribution >= 0.6 is 0 Å². The Labute approximate surface area is 114 Å². The van der Waals surface area contributed by atoms with Crippen molar-refractivity contribution >= 4 is 19.1 Å². The van der Waals surface area contributed by atoms with Crippen LogP contribution in [-0.2, 0) is 0 Å². The van der Waals surface area contributed by atoms with E-state index in [2.05, 4.69) is 10.6 Å². The van der Waals surface area contributed by atoms with Crippen LogP contribution in [0.15, 0.2) is 48.5 Å². The van der Waals surface area contributed by atoms with Crippen molar-refractivity contribution < 1.29 is 9.31 Å². The lowest BCUT2D eigenvalue weighted by Crippen LogP contribution is -2.12. The summed E-state index contributed by atoms with van der Waals surface area (Å²) in [6.07, 6.45) is 0. The van der Waals surface area contributed by atoms with Crippen LogP contribution in [0.2, 0.25) is 0 Å². The Morgan fingerprint density at radius 3 is 1.58 bits per heavy atom.